The van der Waals surface area contributed by atoms with Gasteiger partial charge in [-0.25, -0.2) is 8.78 Å². The van der Waals surface area contributed by atoms with Crippen molar-refractivity contribution in [2.75, 3.05) is 0 Å². The van der Waals surface area contributed by atoms with E-state index in [1.807, 2.05) is 0 Å². The van der Waals surface area contributed by atoms with Crippen LogP contribution in [-0.4, -0.2) is 0 Å². The molecular weight excluding hydrogens is 252 g/mol. The Balaban J connectivity index is 3.13. The van der Waals surface area contributed by atoms with E-state index in [1.165, 1.54) is 18.2 Å². The second-order valence-electron chi connectivity index (χ2n) is 2.91. The van der Waals surface area contributed by atoms with E-state index in [4.69, 9.17) is 5.73 Å². The van der Waals surface area contributed by atoms with Gasteiger partial charge in [-0.3, -0.25) is 0 Å². The van der Waals surface area contributed by atoms with Gasteiger partial charge >= 0.3 is 0 Å². The highest BCUT2D eigenvalue weighted by molar-refractivity contribution is 9.10. The maximum absolute atomic E-state index is 13.3. The summed E-state index contributed by atoms with van der Waals surface area (Å²) in [5.41, 5.74) is 5.50. The van der Waals surface area contributed by atoms with E-state index in [-0.39, 0.29) is 5.56 Å². The summed E-state index contributed by atoms with van der Waals surface area (Å²) in [5, 5.41) is 0. The van der Waals surface area contributed by atoms with E-state index in [2.05, 4.69) is 22.5 Å². The first kappa shape index (κ1) is 11.3. The van der Waals surface area contributed by atoms with Gasteiger partial charge in [0.25, 0.3) is 0 Å². The van der Waals surface area contributed by atoms with E-state index in [1.54, 1.807) is 0 Å². The van der Waals surface area contributed by atoms with Gasteiger partial charge in [-0.15, -0.1) is 6.58 Å². The molecule has 2 N–H and O–H groups in total. The summed E-state index contributed by atoms with van der Waals surface area (Å²) < 4.78 is 27.0. The molecule has 1 rings (SSSR count). The van der Waals surface area contributed by atoms with Crippen LogP contribution in [0.4, 0.5) is 8.78 Å². The number of hydrogen-bond acceptors (Lipinski definition) is 1. The topological polar surface area (TPSA) is 26.0 Å². The normalized spacial score (nSPS) is 12.6. The molecule has 0 fully saturated rings. The zero-order chi connectivity index (χ0) is 10.7. The number of nitrogens with two attached hydrogens (primary N) is 1. The van der Waals surface area contributed by atoms with Gasteiger partial charge in [0.15, 0.2) is 0 Å². The van der Waals surface area contributed by atoms with Crippen LogP contribution in [0.15, 0.2) is 29.3 Å². The Bertz CT molecular complexity index is 329. The van der Waals surface area contributed by atoms with Crippen LogP contribution in [0.2, 0.25) is 0 Å². The highest BCUT2D eigenvalue weighted by atomic mass is 79.9. The van der Waals surface area contributed by atoms with Crippen molar-refractivity contribution in [1.82, 2.24) is 0 Å². The summed E-state index contributed by atoms with van der Waals surface area (Å²) >= 11 is 2.99. The van der Waals surface area contributed by atoms with Gasteiger partial charge in [0.1, 0.15) is 11.6 Å². The highest BCUT2D eigenvalue weighted by Gasteiger charge is 2.16. The molecule has 0 heterocycles. The second-order valence-corrected chi connectivity index (χ2v) is 3.83. The maximum atomic E-state index is 13.3. The molecule has 0 saturated carbocycles. The maximum Gasteiger partial charge on any atom is 0.132 e. The van der Waals surface area contributed by atoms with Crippen LogP contribution < -0.4 is 5.73 Å². The van der Waals surface area contributed by atoms with Crippen molar-refractivity contribution < 1.29 is 8.78 Å². The molecule has 1 aromatic carbocycles. The Kier molecular flexibility index (Phi) is 3.77. The summed E-state index contributed by atoms with van der Waals surface area (Å²) in [6.07, 6.45) is 1.88. The lowest BCUT2D eigenvalue weighted by Crippen LogP contribution is -2.13. The molecule has 0 aliphatic heterocycles. The van der Waals surface area contributed by atoms with Crippen molar-refractivity contribution in [3.05, 3.63) is 46.5 Å². The molecule has 4 heteroatoms. The Labute approximate surface area is 89.7 Å². The van der Waals surface area contributed by atoms with Crippen molar-refractivity contribution in [3.8, 4) is 0 Å². The zero-order valence-electron chi connectivity index (χ0n) is 7.43. The minimum absolute atomic E-state index is 0.0897. The fourth-order valence-electron chi connectivity index (χ4n) is 1.20. The van der Waals surface area contributed by atoms with Crippen molar-refractivity contribution in [3.63, 3.8) is 0 Å². The molecule has 0 aliphatic rings. The third kappa shape index (κ3) is 2.39. The van der Waals surface area contributed by atoms with Crippen molar-refractivity contribution in [2.45, 2.75) is 12.5 Å². The van der Waals surface area contributed by atoms with Crippen LogP contribution >= 0.6 is 15.9 Å². The first-order chi connectivity index (χ1) is 6.56. The summed E-state index contributed by atoms with van der Waals surface area (Å²) in [4.78, 5) is 0. The predicted octanol–water partition coefficient (Wildman–Crippen LogP) is 3.30. The molecule has 14 heavy (non-hydrogen) atoms. The number of benzene rings is 1. The van der Waals surface area contributed by atoms with Crippen LogP contribution in [0.3, 0.4) is 0 Å². The van der Waals surface area contributed by atoms with Gasteiger partial charge in [-0.05, 0) is 18.6 Å². The molecule has 0 bridgehead atoms. The Morgan fingerprint density at radius 3 is 2.36 bits per heavy atom. The standard InChI is InChI=1S/C10H10BrF2N/c1-2-3-9(14)10-7(12)4-6(11)5-8(10)13/h2,4-5,9H,1,3,14H2/t9-/m1/s1. The first-order valence-electron chi connectivity index (χ1n) is 4.07. The average Bonchev–Trinajstić information content (AvgIpc) is 2.01. The quantitative estimate of drug-likeness (QED) is 0.831. The summed E-state index contributed by atoms with van der Waals surface area (Å²) in [7, 11) is 0. The molecule has 0 spiro atoms. The van der Waals surface area contributed by atoms with Gasteiger partial charge < -0.3 is 5.73 Å². The van der Waals surface area contributed by atoms with E-state index in [0.717, 1.165) is 0 Å². The smallest absolute Gasteiger partial charge is 0.132 e. The Hall–Kier alpha value is -0.740. The van der Waals surface area contributed by atoms with E-state index < -0.39 is 17.7 Å². The molecule has 1 nitrogen and oxygen atoms in total. The van der Waals surface area contributed by atoms with Crippen LogP contribution in [0.25, 0.3) is 0 Å². The SMILES string of the molecule is C=CC[C@@H](N)c1c(F)cc(Br)cc1F. The van der Waals surface area contributed by atoms with Crippen molar-refractivity contribution in [1.29, 1.82) is 0 Å². The third-order valence-corrected chi connectivity index (χ3v) is 2.29. The first-order valence-corrected chi connectivity index (χ1v) is 4.86. The summed E-state index contributed by atoms with van der Waals surface area (Å²) in [5.74, 6) is -1.27. The third-order valence-electron chi connectivity index (χ3n) is 1.84. The lowest BCUT2D eigenvalue weighted by Gasteiger charge is -2.11. The van der Waals surface area contributed by atoms with Crippen LogP contribution in [0, 0.1) is 11.6 Å². The zero-order valence-corrected chi connectivity index (χ0v) is 9.02. The molecule has 1 atom stereocenters. The van der Waals surface area contributed by atoms with E-state index in [9.17, 15) is 8.78 Å². The van der Waals surface area contributed by atoms with Gasteiger partial charge in [-0.2, -0.15) is 0 Å². The monoisotopic (exact) mass is 261 g/mol. The number of hydrogen-bond donors (Lipinski definition) is 1. The van der Waals surface area contributed by atoms with E-state index >= 15 is 0 Å². The van der Waals surface area contributed by atoms with Crippen molar-refractivity contribution >= 4 is 15.9 Å². The molecule has 76 valence electrons. The fourth-order valence-corrected chi connectivity index (χ4v) is 1.61. The molecule has 0 aliphatic carbocycles. The highest BCUT2D eigenvalue weighted by Crippen LogP contribution is 2.25. The molecule has 0 aromatic heterocycles. The van der Waals surface area contributed by atoms with Crippen LogP contribution in [0.5, 0.6) is 0 Å². The Morgan fingerprint density at radius 2 is 1.93 bits per heavy atom. The summed E-state index contributed by atoms with van der Waals surface area (Å²) in [6, 6.07) is 1.71. The van der Waals surface area contributed by atoms with E-state index in [0.29, 0.717) is 10.9 Å². The molecule has 0 amide bonds. The largest absolute Gasteiger partial charge is 0.324 e. The molecule has 0 saturated heterocycles. The van der Waals surface area contributed by atoms with Crippen molar-refractivity contribution in [2.24, 2.45) is 5.73 Å². The average molecular weight is 262 g/mol. The minimum Gasteiger partial charge on any atom is -0.324 e. The number of rotatable bonds is 3. The molecule has 0 unspecified atom stereocenters. The van der Waals surface area contributed by atoms with Crippen LogP contribution in [-0.2, 0) is 0 Å². The Morgan fingerprint density at radius 1 is 1.43 bits per heavy atom. The fraction of sp³-hybridized carbons (Fsp3) is 0.200. The summed E-state index contributed by atoms with van der Waals surface area (Å²) in [6.45, 7) is 3.47. The second kappa shape index (κ2) is 4.66. The lowest BCUT2D eigenvalue weighted by atomic mass is 10.0. The van der Waals surface area contributed by atoms with Gasteiger partial charge in [0, 0.05) is 16.1 Å². The molecule has 1 aromatic rings. The van der Waals surface area contributed by atoms with Gasteiger partial charge in [0.2, 0.25) is 0 Å². The molecular formula is C10H10BrF2N. The van der Waals surface area contributed by atoms with Crippen LogP contribution in [0.1, 0.15) is 18.0 Å². The lowest BCUT2D eigenvalue weighted by molar-refractivity contribution is 0.526. The minimum atomic E-state index is -0.680. The molecule has 0 radical (unpaired) electrons. The van der Waals surface area contributed by atoms with Gasteiger partial charge in [-0.1, -0.05) is 22.0 Å². The van der Waals surface area contributed by atoms with Gasteiger partial charge in [0.05, 0.1) is 0 Å². The number of halogens is 3. The predicted molar refractivity (Wildman–Crippen MR) is 55.8 cm³/mol.